The van der Waals surface area contributed by atoms with Crippen molar-refractivity contribution in [2.24, 2.45) is 0 Å². The Morgan fingerprint density at radius 3 is 2.24 bits per heavy atom. The van der Waals surface area contributed by atoms with Gasteiger partial charge in [-0.3, -0.25) is 4.79 Å². The van der Waals surface area contributed by atoms with Crippen molar-refractivity contribution in [1.82, 2.24) is 0 Å². The van der Waals surface area contributed by atoms with Crippen LogP contribution in [0.3, 0.4) is 0 Å². The molecule has 0 aliphatic heterocycles. The Morgan fingerprint density at radius 1 is 1.18 bits per heavy atom. The molecule has 0 aliphatic rings. The third-order valence-electron chi connectivity index (χ3n) is 2.53. The number of carbonyl (C=O) groups excluding carboxylic acids is 1. The maximum Gasteiger partial charge on any atom is 0.193 e. The summed E-state index contributed by atoms with van der Waals surface area (Å²) in [7, 11) is 0. The van der Waals surface area contributed by atoms with E-state index in [1.54, 1.807) is 37.4 Å². The van der Waals surface area contributed by atoms with Crippen LogP contribution in [0.2, 0.25) is 0 Å². The van der Waals surface area contributed by atoms with E-state index >= 15 is 0 Å². The van der Waals surface area contributed by atoms with Crippen LogP contribution in [0.1, 0.15) is 27.0 Å². The molecular formula is C13H10BrFOS. The number of halogens is 2. The van der Waals surface area contributed by atoms with Crippen molar-refractivity contribution in [3.8, 4) is 0 Å². The van der Waals surface area contributed by atoms with Gasteiger partial charge in [0.25, 0.3) is 0 Å². The van der Waals surface area contributed by atoms with Crippen LogP contribution in [-0.4, -0.2) is 5.78 Å². The highest BCUT2D eigenvalue weighted by Gasteiger charge is 2.13. The van der Waals surface area contributed by atoms with Crippen molar-refractivity contribution in [2.75, 3.05) is 0 Å². The van der Waals surface area contributed by atoms with Gasteiger partial charge < -0.3 is 0 Å². The zero-order valence-corrected chi connectivity index (χ0v) is 11.8. The van der Waals surface area contributed by atoms with E-state index in [4.69, 9.17) is 0 Å². The summed E-state index contributed by atoms with van der Waals surface area (Å²) in [4.78, 5) is 12.1. The second kappa shape index (κ2) is 4.70. The summed E-state index contributed by atoms with van der Waals surface area (Å²) in [5, 5.41) is 1.79. The molecule has 0 unspecified atom stereocenters. The smallest absolute Gasteiger partial charge is 0.193 e. The topological polar surface area (TPSA) is 17.1 Å². The quantitative estimate of drug-likeness (QED) is 0.746. The molecule has 0 fully saturated rings. The van der Waals surface area contributed by atoms with Crippen LogP contribution in [0.15, 0.2) is 27.4 Å². The van der Waals surface area contributed by atoms with E-state index in [9.17, 15) is 9.18 Å². The SMILES string of the molecule is Cc1cc(C(=O)c2csc(Br)c2)cc(C)c1F. The summed E-state index contributed by atoms with van der Waals surface area (Å²) in [6.07, 6.45) is 0. The Kier molecular flexibility index (Phi) is 3.45. The molecule has 0 saturated heterocycles. The Balaban J connectivity index is 2.44. The predicted octanol–water partition coefficient (Wildman–Crippen LogP) is 4.50. The summed E-state index contributed by atoms with van der Waals surface area (Å²) < 4.78 is 14.4. The van der Waals surface area contributed by atoms with Gasteiger partial charge in [0.1, 0.15) is 5.82 Å². The monoisotopic (exact) mass is 312 g/mol. The fourth-order valence-electron chi connectivity index (χ4n) is 1.67. The molecular weight excluding hydrogens is 303 g/mol. The number of hydrogen-bond acceptors (Lipinski definition) is 2. The maximum atomic E-state index is 13.5. The molecule has 0 N–H and O–H groups in total. The second-order valence-electron chi connectivity index (χ2n) is 3.89. The highest BCUT2D eigenvalue weighted by Crippen LogP contribution is 2.24. The second-order valence-corrected chi connectivity index (χ2v) is 6.18. The fourth-order valence-corrected chi connectivity index (χ4v) is 2.81. The van der Waals surface area contributed by atoms with Crippen LogP contribution in [0, 0.1) is 19.7 Å². The number of benzene rings is 1. The van der Waals surface area contributed by atoms with Crippen molar-refractivity contribution in [1.29, 1.82) is 0 Å². The van der Waals surface area contributed by atoms with E-state index < -0.39 is 0 Å². The molecule has 88 valence electrons. The molecule has 0 aliphatic carbocycles. The van der Waals surface area contributed by atoms with Gasteiger partial charge in [0.05, 0.1) is 3.79 Å². The molecule has 0 atom stereocenters. The summed E-state index contributed by atoms with van der Waals surface area (Å²) in [6.45, 7) is 3.34. The number of thiophene rings is 1. The number of ketones is 1. The standard InChI is InChI=1S/C13H10BrFOS/c1-7-3-9(4-8(2)12(7)15)13(16)10-5-11(14)17-6-10/h3-6H,1-2H3. The molecule has 0 radical (unpaired) electrons. The van der Waals surface area contributed by atoms with Gasteiger partial charge in [0.2, 0.25) is 0 Å². The lowest BCUT2D eigenvalue weighted by molar-refractivity contribution is 0.103. The molecule has 2 rings (SSSR count). The Morgan fingerprint density at radius 2 is 1.76 bits per heavy atom. The molecule has 0 spiro atoms. The normalized spacial score (nSPS) is 10.6. The van der Waals surface area contributed by atoms with Gasteiger partial charge in [-0.15, -0.1) is 11.3 Å². The third kappa shape index (κ3) is 2.48. The van der Waals surface area contributed by atoms with Crippen molar-refractivity contribution in [3.63, 3.8) is 0 Å². The number of hydrogen-bond donors (Lipinski definition) is 0. The van der Waals surface area contributed by atoms with Crippen LogP contribution >= 0.6 is 27.3 Å². The number of aryl methyl sites for hydroxylation is 2. The van der Waals surface area contributed by atoms with E-state index in [1.807, 2.05) is 0 Å². The molecule has 0 amide bonds. The fraction of sp³-hybridized carbons (Fsp3) is 0.154. The van der Waals surface area contributed by atoms with Crippen LogP contribution in [-0.2, 0) is 0 Å². The van der Waals surface area contributed by atoms with Crippen LogP contribution < -0.4 is 0 Å². The molecule has 1 aromatic heterocycles. The van der Waals surface area contributed by atoms with Crippen molar-refractivity contribution in [3.05, 3.63) is 55.4 Å². The predicted molar refractivity (Wildman–Crippen MR) is 71.3 cm³/mol. The molecule has 2 aromatic rings. The zero-order valence-electron chi connectivity index (χ0n) is 9.38. The molecule has 0 saturated carbocycles. The molecule has 1 aromatic carbocycles. The average Bonchev–Trinajstić information content (AvgIpc) is 2.71. The largest absolute Gasteiger partial charge is 0.289 e. The van der Waals surface area contributed by atoms with Crippen molar-refractivity contribution < 1.29 is 9.18 Å². The lowest BCUT2D eigenvalue weighted by Crippen LogP contribution is -2.02. The Labute approximate surface area is 111 Å². The lowest BCUT2D eigenvalue weighted by atomic mass is 10.0. The Hall–Kier alpha value is -1.00. The number of rotatable bonds is 2. The third-order valence-corrected chi connectivity index (χ3v) is 4.03. The van der Waals surface area contributed by atoms with Crippen molar-refractivity contribution >= 4 is 33.0 Å². The minimum atomic E-state index is -0.243. The van der Waals surface area contributed by atoms with Gasteiger partial charge >= 0.3 is 0 Å². The lowest BCUT2D eigenvalue weighted by Gasteiger charge is -2.05. The first-order valence-electron chi connectivity index (χ1n) is 5.04. The highest BCUT2D eigenvalue weighted by molar-refractivity contribution is 9.11. The summed E-state index contributed by atoms with van der Waals surface area (Å²) in [6, 6.07) is 4.97. The van der Waals surface area contributed by atoms with Gasteiger partial charge in [-0.1, -0.05) is 0 Å². The van der Waals surface area contributed by atoms with Gasteiger partial charge in [-0.05, 0) is 59.1 Å². The molecule has 1 heterocycles. The minimum absolute atomic E-state index is 0.0712. The van der Waals surface area contributed by atoms with Crippen LogP contribution in [0.25, 0.3) is 0 Å². The van der Waals surface area contributed by atoms with Gasteiger partial charge in [-0.25, -0.2) is 4.39 Å². The van der Waals surface area contributed by atoms with Gasteiger partial charge in [0.15, 0.2) is 5.78 Å². The summed E-state index contributed by atoms with van der Waals surface area (Å²) >= 11 is 4.78. The molecule has 4 heteroatoms. The van der Waals surface area contributed by atoms with Gasteiger partial charge in [0, 0.05) is 16.5 Å². The van der Waals surface area contributed by atoms with E-state index in [2.05, 4.69) is 15.9 Å². The molecule has 1 nitrogen and oxygen atoms in total. The van der Waals surface area contributed by atoms with Crippen molar-refractivity contribution in [2.45, 2.75) is 13.8 Å². The van der Waals surface area contributed by atoms with Crippen LogP contribution in [0.5, 0.6) is 0 Å². The first kappa shape index (κ1) is 12.5. The molecule has 0 bridgehead atoms. The van der Waals surface area contributed by atoms with E-state index in [1.165, 1.54) is 11.3 Å². The Bertz CT molecular complexity index is 566. The summed E-state index contributed by atoms with van der Waals surface area (Å²) in [5.41, 5.74) is 2.17. The molecule has 17 heavy (non-hydrogen) atoms. The first-order chi connectivity index (χ1) is 7.99. The maximum absolute atomic E-state index is 13.5. The minimum Gasteiger partial charge on any atom is -0.289 e. The van der Waals surface area contributed by atoms with E-state index in [-0.39, 0.29) is 11.6 Å². The van der Waals surface area contributed by atoms with E-state index in [0.717, 1.165) is 3.79 Å². The highest BCUT2D eigenvalue weighted by atomic mass is 79.9. The van der Waals surface area contributed by atoms with Crippen LogP contribution in [0.4, 0.5) is 4.39 Å². The number of carbonyl (C=O) groups is 1. The van der Waals surface area contributed by atoms with E-state index in [0.29, 0.717) is 22.3 Å². The summed E-state index contributed by atoms with van der Waals surface area (Å²) in [5.74, 6) is -0.314. The van der Waals surface area contributed by atoms with Gasteiger partial charge in [-0.2, -0.15) is 0 Å². The first-order valence-corrected chi connectivity index (χ1v) is 6.72. The average molecular weight is 313 g/mol. The zero-order chi connectivity index (χ0) is 12.6.